The Morgan fingerprint density at radius 1 is 1.19 bits per heavy atom. The fraction of sp³-hybridized carbons (Fsp3) is 0.571. The van der Waals surface area contributed by atoms with Crippen molar-refractivity contribution in [2.45, 2.75) is 51.4 Å². The van der Waals surface area contributed by atoms with Gasteiger partial charge in [0.1, 0.15) is 0 Å². The molecule has 0 aliphatic heterocycles. The third-order valence-electron chi connectivity index (χ3n) is 4.22. The fourth-order valence-corrected chi connectivity index (χ4v) is 3.34. The topological polar surface area (TPSA) is 52.0 Å². The van der Waals surface area contributed by atoms with Gasteiger partial charge in [-0.15, -0.1) is 0 Å². The summed E-state index contributed by atoms with van der Waals surface area (Å²) in [5.74, 6) is 0. The molecule has 2 nitrogen and oxygen atoms in total. The van der Waals surface area contributed by atoms with E-state index < -0.39 is 0 Å². The zero-order chi connectivity index (χ0) is 12.1. The Bertz CT molecular complexity index is 435. The summed E-state index contributed by atoms with van der Waals surface area (Å²) in [6, 6.07) is 4.11. The lowest BCUT2D eigenvalue weighted by Gasteiger charge is -2.25. The Kier molecular flexibility index (Phi) is 2.23. The summed E-state index contributed by atoms with van der Waals surface area (Å²) >= 11 is 0. The lowest BCUT2D eigenvalue weighted by atomic mass is 9.78. The van der Waals surface area contributed by atoms with Gasteiger partial charge in [0.25, 0.3) is 0 Å². The maximum absolute atomic E-state index is 6.16. The van der Waals surface area contributed by atoms with Gasteiger partial charge in [0, 0.05) is 0 Å². The van der Waals surface area contributed by atoms with Crippen molar-refractivity contribution in [2.24, 2.45) is 0 Å². The second-order valence-electron chi connectivity index (χ2n) is 5.97. The average molecular weight is 218 g/mol. The van der Waals surface area contributed by atoms with Crippen LogP contribution >= 0.6 is 0 Å². The molecule has 1 aromatic carbocycles. The number of anilines is 2. The van der Waals surface area contributed by atoms with Gasteiger partial charge < -0.3 is 11.5 Å². The van der Waals surface area contributed by atoms with Crippen LogP contribution in [0.4, 0.5) is 11.4 Å². The summed E-state index contributed by atoms with van der Waals surface area (Å²) in [4.78, 5) is 0. The van der Waals surface area contributed by atoms with Gasteiger partial charge in [-0.1, -0.05) is 33.8 Å². The molecule has 0 saturated heterocycles. The van der Waals surface area contributed by atoms with Gasteiger partial charge in [-0.3, -0.25) is 0 Å². The van der Waals surface area contributed by atoms with Crippen LogP contribution in [0.2, 0.25) is 0 Å². The predicted molar refractivity (Wildman–Crippen MR) is 70.6 cm³/mol. The zero-order valence-electron chi connectivity index (χ0n) is 10.7. The molecule has 0 saturated carbocycles. The highest BCUT2D eigenvalue weighted by Gasteiger charge is 2.44. The van der Waals surface area contributed by atoms with Gasteiger partial charge in [0.2, 0.25) is 0 Å². The second kappa shape index (κ2) is 3.16. The Balaban J connectivity index is 2.73. The van der Waals surface area contributed by atoms with Crippen molar-refractivity contribution < 1.29 is 0 Å². The Labute approximate surface area is 98.0 Å². The first-order valence-corrected chi connectivity index (χ1v) is 6.01. The van der Waals surface area contributed by atoms with E-state index >= 15 is 0 Å². The molecule has 1 aliphatic rings. The predicted octanol–water partition coefficient (Wildman–Crippen LogP) is 3.20. The van der Waals surface area contributed by atoms with Crippen molar-refractivity contribution in [1.29, 1.82) is 0 Å². The van der Waals surface area contributed by atoms with E-state index in [1.54, 1.807) is 0 Å². The molecule has 2 rings (SSSR count). The number of benzene rings is 1. The van der Waals surface area contributed by atoms with Gasteiger partial charge in [-0.25, -0.2) is 0 Å². The molecule has 16 heavy (non-hydrogen) atoms. The first-order chi connectivity index (χ1) is 7.32. The number of hydrogen-bond acceptors (Lipinski definition) is 2. The van der Waals surface area contributed by atoms with E-state index in [4.69, 9.17) is 11.5 Å². The lowest BCUT2D eigenvalue weighted by Crippen LogP contribution is -2.21. The number of nitrogen functional groups attached to an aromatic ring is 2. The summed E-state index contributed by atoms with van der Waals surface area (Å²) in [6.07, 6.45) is 2.30. The highest BCUT2D eigenvalue weighted by molar-refractivity contribution is 5.73. The van der Waals surface area contributed by atoms with Crippen molar-refractivity contribution in [3.05, 3.63) is 23.3 Å². The first kappa shape index (κ1) is 11.3. The minimum atomic E-state index is 0.138. The SMILES string of the molecule is CCC1(C)CC(C)(C)c2c1ccc(N)c2N. The van der Waals surface area contributed by atoms with Crippen molar-refractivity contribution in [1.82, 2.24) is 0 Å². The van der Waals surface area contributed by atoms with Crippen LogP contribution in [0.1, 0.15) is 51.7 Å². The van der Waals surface area contributed by atoms with Crippen LogP contribution in [0.25, 0.3) is 0 Å². The molecule has 1 unspecified atom stereocenters. The molecule has 4 N–H and O–H groups in total. The Morgan fingerprint density at radius 3 is 2.38 bits per heavy atom. The molecule has 2 heteroatoms. The van der Waals surface area contributed by atoms with Crippen molar-refractivity contribution >= 4 is 11.4 Å². The van der Waals surface area contributed by atoms with Crippen molar-refractivity contribution in [3.8, 4) is 0 Å². The molecule has 88 valence electrons. The van der Waals surface area contributed by atoms with E-state index in [-0.39, 0.29) is 10.8 Å². The smallest absolute Gasteiger partial charge is 0.0588 e. The van der Waals surface area contributed by atoms with Crippen LogP contribution in [0.5, 0.6) is 0 Å². The summed E-state index contributed by atoms with van der Waals surface area (Å²) in [6.45, 7) is 9.11. The maximum atomic E-state index is 6.16. The Morgan fingerprint density at radius 2 is 1.81 bits per heavy atom. The van der Waals surface area contributed by atoms with E-state index in [1.807, 2.05) is 6.07 Å². The van der Waals surface area contributed by atoms with Crippen LogP contribution in [-0.4, -0.2) is 0 Å². The molecule has 0 spiro atoms. The monoisotopic (exact) mass is 218 g/mol. The van der Waals surface area contributed by atoms with Crippen LogP contribution in [0, 0.1) is 0 Å². The van der Waals surface area contributed by atoms with Gasteiger partial charge in [0.05, 0.1) is 11.4 Å². The van der Waals surface area contributed by atoms with Crippen LogP contribution < -0.4 is 11.5 Å². The highest BCUT2D eigenvalue weighted by Crippen LogP contribution is 2.53. The quantitative estimate of drug-likeness (QED) is 0.711. The largest absolute Gasteiger partial charge is 0.397 e. The Hall–Kier alpha value is -1.18. The molecule has 0 amide bonds. The molecule has 1 aromatic rings. The number of hydrogen-bond donors (Lipinski definition) is 2. The minimum Gasteiger partial charge on any atom is -0.397 e. The van der Waals surface area contributed by atoms with Gasteiger partial charge in [-0.2, -0.15) is 0 Å². The number of rotatable bonds is 1. The van der Waals surface area contributed by atoms with Gasteiger partial charge in [0.15, 0.2) is 0 Å². The summed E-state index contributed by atoms with van der Waals surface area (Å²) < 4.78 is 0. The second-order valence-corrected chi connectivity index (χ2v) is 5.97. The van der Waals surface area contributed by atoms with Crippen molar-refractivity contribution in [3.63, 3.8) is 0 Å². The lowest BCUT2D eigenvalue weighted by molar-refractivity contribution is 0.367. The van der Waals surface area contributed by atoms with E-state index in [2.05, 4.69) is 33.8 Å². The molecule has 0 aromatic heterocycles. The minimum absolute atomic E-state index is 0.138. The highest BCUT2D eigenvalue weighted by atomic mass is 14.7. The molecular weight excluding hydrogens is 196 g/mol. The average Bonchev–Trinajstić information content (AvgIpc) is 2.41. The first-order valence-electron chi connectivity index (χ1n) is 6.01. The summed E-state index contributed by atoms with van der Waals surface area (Å²) in [5.41, 5.74) is 16.6. The van der Waals surface area contributed by atoms with Crippen LogP contribution in [0.15, 0.2) is 12.1 Å². The van der Waals surface area contributed by atoms with E-state index in [0.717, 1.165) is 18.5 Å². The van der Waals surface area contributed by atoms with Gasteiger partial charge >= 0.3 is 0 Å². The van der Waals surface area contributed by atoms with E-state index in [9.17, 15) is 0 Å². The van der Waals surface area contributed by atoms with E-state index in [0.29, 0.717) is 5.69 Å². The third-order valence-corrected chi connectivity index (χ3v) is 4.22. The van der Waals surface area contributed by atoms with Crippen LogP contribution in [0.3, 0.4) is 0 Å². The standard InChI is InChI=1S/C14H22N2/c1-5-14(4)8-13(2,3)11-9(14)6-7-10(15)12(11)16/h6-7H,5,8,15-16H2,1-4H3. The van der Waals surface area contributed by atoms with Crippen LogP contribution in [-0.2, 0) is 10.8 Å². The van der Waals surface area contributed by atoms with E-state index in [1.165, 1.54) is 11.1 Å². The third kappa shape index (κ3) is 1.32. The molecule has 1 aliphatic carbocycles. The summed E-state index contributed by atoms with van der Waals surface area (Å²) in [7, 11) is 0. The zero-order valence-corrected chi connectivity index (χ0v) is 10.7. The molecule has 1 atom stereocenters. The molecule has 0 fully saturated rings. The molecular formula is C14H22N2. The van der Waals surface area contributed by atoms with Crippen molar-refractivity contribution in [2.75, 3.05) is 11.5 Å². The maximum Gasteiger partial charge on any atom is 0.0588 e. The fourth-order valence-electron chi connectivity index (χ4n) is 3.34. The molecule has 0 bridgehead atoms. The number of nitrogens with two attached hydrogens (primary N) is 2. The molecule has 0 radical (unpaired) electrons. The van der Waals surface area contributed by atoms with Gasteiger partial charge in [-0.05, 0) is 40.9 Å². The molecule has 0 heterocycles. The normalized spacial score (nSPS) is 26.8. The number of fused-ring (bicyclic) bond motifs is 1. The summed E-state index contributed by atoms with van der Waals surface area (Å²) in [5, 5.41) is 0.